The van der Waals surface area contributed by atoms with E-state index in [1.807, 2.05) is 0 Å². The first-order valence-corrected chi connectivity index (χ1v) is 5.57. The molecule has 2 heteroatoms. The van der Waals surface area contributed by atoms with Gasteiger partial charge in [-0.1, -0.05) is 20.3 Å². The van der Waals surface area contributed by atoms with Crippen LogP contribution < -0.4 is 5.32 Å². The largest absolute Gasteiger partial charge is 0.380 e. The smallest absolute Gasteiger partial charge is 0.0562 e. The van der Waals surface area contributed by atoms with E-state index in [0.717, 1.165) is 25.2 Å². The van der Waals surface area contributed by atoms with Crippen LogP contribution in [0.15, 0.2) is 0 Å². The predicted molar refractivity (Wildman–Crippen MR) is 53.7 cm³/mol. The van der Waals surface area contributed by atoms with E-state index in [-0.39, 0.29) is 0 Å². The van der Waals surface area contributed by atoms with Crippen LogP contribution in [0.4, 0.5) is 0 Å². The van der Waals surface area contributed by atoms with Gasteiger partial charge < -0.3 is 10.1 Å². The molecule has 2 heterocycles. The van der Waals surface area contributed by atoms with Crippen molar-refractivity contribution >= 4 is 0 Å². The minimum Gasteiger partial charge on any atom is -0.380 e. The van der Waals surface area contributed by atoms with E-state index in [2.05, 4.69) is 19.2 Å². The third-order valence-electron chi connectivity index (χ3n) is 3.90. The first-order chi connectivity index (χ1) is 6.26. The summed E-state index contributed by atoms with van der Waals surface area (Å²) in [6, 6.07) is 0.718. The fourth-order valence-corrected chi connectivity index (χ4v) is 2.62. The average Bonchev–Trinajstić information content (AvgIpc) is 2.03. The van der Waals surface area contributed by atoms with Crippen molar-refractivity contribution in [2.24, 2.45) is 11.3 Å². The molecule has 0 amide bonds. The molecule has 0 aromatic rings. The van der Waals surface area contributed by atoms with Gasteiger partial charge in [0.25, 0.3) is 0 Å². The Kier molecular flexibility index (Phi) is 2.61. The zero-order chi connectivity index (χ0) is 9.31. The Labute approximate surface area is 81.0 Å². The summed E-state index contributed by atoms with van der Waals surface area (Å²) in [5.41, 5.74) is 0.459. The second-order valence-corrected chi connectivity index (χ2v) is 4.88. The fraction of sp³-hybridized carbons (Fsp3) is 1.00. The Morgan fingerprint density at radius 3 is 2.46 bits per heavy atom. The molecule has 0 aromatic carbocycles. The van der Waals surface area contributed by atoms with Gasteiger partial charge in [0, 0.05) is 11.5 Å². The highest BCUT2D eigenvalue weighted by atomic mass is 16.5. The zero-order valence-corrected chi connectivity index (χ0v) is 8.81. The number of rotatable bonds is 2. The van der Waals surface area contributed by atoms with Crippen LogP contribution in [-0.4, -0.2) is 25.8 Å². The van der Waals surface area contributed by atoms with E-state index in [4.69, 9.17) is 4.74 Å². The summed E-state index contributed by atoms with van der Waals surface area (Å²) < 4.78 is 5.41. The molecule has 76 valence electrons. The van der Waals surface area contributed by atoms with E-state index >= 15 is 0 Å². The van der Waals surface area contributed by atoms with Gasteiger partial charge >= 0.3 is 0 Å². The van der Waals surface area contributed by atoms with Crippen molar-refractivity contribution in [3.05, 3.63) is 0 Å². The lowest BCUT2D eigenvalue weighted by Gasteiger charge is -2.51. The maximum absolute atomic E-state index is 5.41. The molecule has 2 rings (SSSR count). The molecule has 13 heavy (non-hydrogen) atoms. The second-order valence-electron chi connectivity index (χ2n) is 4.88. The van der Waals surface area contributed by atoms with Crippen molar-refractivity contribution < 1.29 is 4.74 Å². The monoisotopic (exact) mass is 183 g/mol. The molecule has 2 aliphatic rings. The van der Waals surface area contributed by atoms with Gasteiger partial charge in [0.15, 0.2) is 0 Å². The highest BCUT2D eigenvalue weighted by Crippen LogP contribution is 2.41. The third kappa shape index (κ3) is 1.50. The highest BCUT2D eigenvalue weighted by molar-refractivity contribution is 4.99. The molecule has 1 atom stereocenters. The maximum atomic E-state index is 5.41. The Bertz CT molecular complexity index is 169. The van der Waals surface area contributed by atoms with Crippen LogP contribution in [0.25, 0.3) is 0 Å². The van der Waals surface area contributed by atoms with Crippen LogP contribution in [0.3, 0.4) is 0 Å². The summed E-state index contributed by atoms with van der Waals surface area (Å²) in [6.45, 7) is 7.82. The van der Waals surface area contributed by atoms with Crippen LogP contribution in [0.1, 0.15) is 33.1 Å². The summed E-state index contributed by atoms with van der Waals surface area (Å²) in [7, 11) is 0. The molecule has 0 bridgehead atoms. The van der Waals surface area contributed by atoms with E-state index in [0.29, 0.717) is 5.41 Å². The summed E-state index contributed by atoms with van der Waals surface area (Å²) >= 11 is 0. The lowest BCUT2D eigenvalue weighted by Crippen LogP contribution is -2.60. The highest BCUT2D eigenvalue weighted by Gasteiger charge is 2.47. The minimum absolute atomic E-state index is 0.459. The van der Waals surface area contributed by atoms with Crippen LogP contribution >= 0.6 is 0 Å². The van der Waals surface area contributed by atoms with E-state index in [1.54, 1.807) is 0 Å². The van der Waals surface area contributed by atoms with E-state index < -0.39 is 0 Å². The van der Waals surface area contributed by atoms with Crippen molar-refractivity contribution in [1.82, 2.24) is 5.32 Å². The fourth-order valence-electron chi connectivity index (χ4n) is 2.62. The quantitative estimate of drug-likeness (QED) is 0.705. The summed E-state index contributed by atoms with van der Waals surface area (Å²) in [5, 5.41) is 3.66. The Morgan fingerprint density at radius 2 is 2.08 bits per heavy atom. The van der Waals surface area contributed by atoms with Gasteiger partial charge in [-0.15, -0.1) is 0 Å². The van der Waals surface area contributed by atoms with Crippen molar-refractivity contribution in [2.45, 2.75) is 39.2 Å². The second kappa shape index (κ2) is 3.58. The zero-order valence-electron chi connectivity index (χ0n) is 8.81. The van der Waals surface area contributed by atoms with Crippen LogP contribution in [0.2, 0.25) is 0 Å². The summed E-state index contributed by atoms with van der Waals surface area (Å²) in [5.74, 6) is 0.747. The normalized spacial score (nSPS) is 33.0. The molecule has 2 aliphatic heterocycles. The number of ether oxygens (including phenoxy) is 1. The molecule has 2 nitrogen and oxygen atoms in total. The molecule has 2 fully saturated rings. The van der Waals surface area contributed by atoms with Gasteiger partial charge in [-0.25, -0.2) is 0 Å². The molecule has 1 unspecified atom stereocenters. The lowest BCUT2D eigenvalue weighted by atomic mass is 9.67. The Hall–Kier alpha value is -0.0800. The van der Waals surface area contributed by atoms with E-state index in [1.165, 1.54) is 25.8 Å². The minimum atomic E-state index is 0.459. The predicted octanol–water partition coefficient (Wildman–Crippen LogP) is 1.80. The third-order valence-corrected chi connectivity index (χ3v) is 3.90. The van der Waals surface area contributed by atoms with Gasteiger partial charge in [0.05, 0.1) is 13.2 Å². The van der Waals surface area contributed by atoms with Crippen molar-refractivity contribution in [3.63, 3.8) is 0 Å². The molecular formula is C11H21NO. The van der Waals surface area contributed by atoms with Crippen LogP contribution in [0, 0.1) is 11.3 Å². The SMILES string of the molecule is CC(C)C1(C2CCCCN2)COC1. The summed E-state index contributed by atoms with van der Waals surface area (Å²) in [4.78, 5) is 0. The van der Waals surface area contributed by atoms with Gasteiger partial charge in [-0.2, -0.15) is 0 Å². The maximum Gasteiger partial charge on any atom is 0.0562 e. The number of hydrogen-bond acceptors (Lipinski definition) is 2. The van der Waals surface area contributed by atoms with Crippen molar-refractivity contribution in [1.29, 1.82) is 0 Å². The molecule has 0 aromatic heterocycles. The van der Waals surface area contributed by atoms with Crippen molar-refractivity contribution in [3.8, 4) is 0 Å². The molecule has 2 saturated heterocycles. The van der Waals surface area contributed by atoms with Crippen molar-refractivity contribution in [2.75, 3.05) is 19.8 Å². The summed E-state index contributed by atoms with van der Waals surface area (Å²) in [6.07, 6.45) is 4.10. The van der Waals surface area contributed by atoms with Gasteiger partial charge in [-0.05, 0) is 25.3 Å². The average molecular weight is 183 g/mol. The number of nitrogens with one attached hydrogen (secondary N) is 1. The molecule has 0 radical (unpaired) electrons. The van der Waals surface area contributed by atoms with Gasteiger partial charge in [0.1, 0.15) is 0 Å². The standard InChI is InChI=1S/C11H21NO/c1-9(2)11(7-13-8-11)10-5-3-4-6-12-10/h9-10,12H,3-8H2,1-2H3. The first-order valence-electron chi connectivity index (χ1n) is 5.57. The molecule has 1 N–H and O–H groups in total. The topological polar surface area (TPSA) is 21.3 Å². The van der Waals surface area contributed by atoms with Crippen LogP contribution in [0.5, 0.6) is 0 Å². The van der Waals surface area contributed by atoms with Crippen LogP contribution in [-0.2, 0) is 4.74 Å². The number of piperidine rings is 1. The molecule has 0 saturated carbocycles. The van der Waals surface area contributed by atoms with Gasteiger partial charge in [0.2, 0.25) is 0 Å². The van der Waals surface area contributed by atoms with E-state index in [9.17, 15) is 0 Å². The molecular weight excluding hydrogens is 162 g/mol. The Morgan fingerprint density at radius 1 is 1.31 bits per heavy atom. The lowest BCUT2D eigenvalue weighted by molar-refractivity contribution is -0.161. The molecule has 0 aliphatic carbocycles. The number of hydrogen-bond donors (Lipinski definition) is 1. The Balaban J connectivity index is 2.02. The van der Waals surface area contributed by atoms with Gasteiger partial charge in [-0.3, -0.25) is 0 Å². The molecule has 0 spiro atoms. The first kappa shape index (κ1) is 9.47.